The van der Waals surface area contributed by atoms with Gasteiger partial charge in [-0.05, 0) is 13.0 Å². The first-order chi connectivity index (χ1) is 3.48. The molecule has 0 rings (SSSR count). The summed E-state index contributed by atoms with van der Waals surface area (Å²) in [6.45, 7) is 1.17. The topological polar surface area (TPSA) is 54.4 Å². The van der Waals surface area contributed by atoms with Crippen molar-refractivity contribution in [3.63, 3.8) is 0 Å². The molecule has 0 amide bonds. The third kappa shape index (κ3) is 2.04. The maximum absolute atomic E-state index is 11.7. The van der Waals surface area contributed by atoms with Crippen LogP contribution in [-0.4, -0.2) is 13.0 Å². The molecule has 1 N–H and O–H groups in total. The number of rotatable bonds is 1. The van der Waals surface area contributed by atoms with Gasteiger partial charge in [-0.15, -0.1) is 0 Å². The van der Waals surface area contributed by atoms with Crippen LogP contribution in [0.5, 0.6) is 0 Å². The fourth-order valence-corrected chi connectivity index (χ4v) is 0.447. The van der Waals surface area contributed by atoms with E-state index in [0.717, 1.165) is 0 Å². The van der Waals surface area contributed by atoms with Gasteiger partial charge in [-0.25, -0.2) is 0 Å². The normalized spacial score (nSPS) is 14.1. The van der Waals surface area contributed by atoms with Crippen LogP contribution in [0.25, 0.3) is 0 Å². The van der Waals surface area contributed by atoms with E-state index in [4.69, 9.17) is 4.55 Å². The van der Waals surface area contributed by atoms with Gasteiger partial charge < -0.3 is 0 Å². The summed E-state index contributed by atoms with van der Waals surface area (Å²) in [6, 6.07) is 0. The Kier molecular flexibility index (Phi) is 2.12. The molecule has 0 radical (unpaired) electrons. The van der Waals surface area contributed by atoms with Gasteiger partial charge >= 0.3 is 10.1 Å². The van der Waals surface area contributed by atoms with E-state index in [1.165, 1.54) is 6.92 Å². The number of allylic oxidation sites excluding steroid dienone is 1. The van der Waals surface area contributed by atoms with Crippen molar-refractivity contribution in [3.05, 3.63) is 11.2 Å². The molecule has 5 heteroatoms. The van der Waals surface area contributed by atoms with Crippen LogP contribution in [0, 0.1) is 0 Å². The lowest BCUT2D eigenvalue weighted by molar-refractivity contribution is 0.473. The van der Waals surface area contributed by atoms with Gasteiger partial charge in [0.05, 0.1) is 0 Å². The Morgan fingerprint density at radius 2 is 2.12 bits per heavy atom. The standard InChI is InChI=1S/C3H5FO3S/c1-2-3(4)8(5,6)7/h2H,1H3,(H,5,6,7). The van der Waals surface area contributed by atoms with Gasteiger partial charge in [-0.1, -0.05) is 0 Å². The highest BCUT2D eigenvalue weighted by atomic mass is 32.2. The molecule has 0 saturated heterocycles. The summed E-state index contributed by atoms with van der Waals surface area (Å²) in [4.78, 5) is 0. The molecular weight excluding hydrogens is 135 g/mol. The van der Waals surface area contributed by atoms with Crippen molar-refractivity contribution in [1.29, 1.82) is 0 Å². The molecule has 48 valence electrons. The zero-order valence-electron chi connectivity index (χ0n) is 4.13. The van der Waals surface area contributed by atoms with E-state index >= 15 is 0 Å². The third-order valence-corrected chi connectivity index (χ3v) is 1.20. The molecular formula is C3H5FO3S. The highest BCUT2D eigenvalue weighted by Crippen LogP contribution is 2.02. The SMILES string of the molecule is CC=C(F)S(=O)(=O)O. The van der Waals surface area contributed by atoms with Crippen molar-refractivity contribution in [1.82, 2.24) is 0 Å². The molecule has 0 saturated carbocycles. The van der Waals surface area contributed by atoms with Crippen molar-refractivity contribution in [2.75, 3.05) is 0 Å². The van der Waals surface area contributed by atoms with Crippen LogP contribution in [0.3, 0.4) is 0 Å². The minimum absolute atomic E-state index is 0.662. The first-order valence-corrected chi connectivity index (χ1v) is 3.22. The van der Waals surface area contributed by atoms with Crippen LogP contribution in [-0.2, 0) is 10.1 Å². The lowest BCUT2D eigenvalue weighted by atomic mass is 10.8. The van der Waals surface area contributed by atoms with E-state index in [-0.39, 0.29) is 0 Å². The van der Waals surface area contributed by atoms with Crippen LogP contribution < -0.4 is 0 Å². The molecule has 8 heavy (non-hydrogen) atoms. The summed E-state index contributed by atoms with van der Waals surface area (Å²) in [7, 11) is -4.56. The van der Waals surface area contributed by atoms with Crippen molar-refractivity contribution in [2.24, 2.45) is 0 Å². The zero-order valence-corrected chi connectivity index (χ0v) is 4.94. The van der Waals surface area contributed by atoms with Gasteiger partial charge in [0.1, 0.15) is 0 Å². The maximum Gasteiger partial charge on any atom is 0.321 e. The maximum atomic E-state index is 11.7. The smallest absolute Gasteiger partial charge is 0.280 e. The highest BCUT2D eigenvalue weighted by molar-refractivity contribution is 7.89. The molecule has 0 aliphatic carbocycles. The minimum atomic E-state index is -4.56. The zero-order chi connectivity index (χ0) is 6.78. The van der Waals surface area contributed by atoms with Gasteiger partial charge in [0.25, 0.3) is 0 Å². The Morgan fingerprint density at radius 3 is 2.12 bits per heavy atom. The largest absolute Gasteiger partial charge is 0.321 e. The Hall–Kier alpha value is -0.420. The van der Waals surface area contributed by atoms with Crippen molar-refractivity contribution in [3.8, 4) is 0 Å². The Bertz CT molecular complexity index is 191. The lowest BCUT2D eigenvalue weighted by Crippen LogP contribution is -1.95. The average molecular weight is 140 g/mol. The van der Waals surface area contributed by atoms with Crippen molar-refractivity contribution < 1.29 is 17.4 Å². The lowest BCUT2D eigenvalue weighted by Gasteiger charge is -1.85. The van der Waals surface area contributed by atoms with E-state index in [1.807, 2.05) is 0 Å². The molecule has 0 aliphatic heterocycles. The Balaban J connectivity index is 4.55. The van der Waals surface area contributed by atoms with E-state index in [9.17, 15) is 12.8 Å². The van der Waals surface area contributed by atoms with Crippen molar-refractivity contribution >= 4 is 10.1 Å². The summed E-state index contributed by atoms with van der Waals surface area (Å²) in [5.74, 6) is 0. The van der Waals surface area contributed by atoms with E-state index in [1.54, 1.807) is 0 Å². The van der Waals surface area contributed by atoms with Gasteiger partial charge in [-0.2, -0.15) is 12.8 Å². The van der Waals surface area contributed by atoms with Gasteiger partial charge in [0, 0.05) is 0 Å². The second-order valence-corrected chi connectivity index (χ2v) is 2.41. The summed E-state index contributed by atoms with van der Waals surface area (Å²) >= 11 is 0. The minimum Gasteiger partial charge on any atom is -0.280 e. The van der Waals surface area contributed by atoms with Crippen LogP contribution in [0.15, 0.2) is 11.2 Å². The Morgan fingerprint density at radius 1 is 1.75 bits per heavy atom. The van der Waals surface area contributed by atoms with Gasteiger partial charge in [0.15, 0.2) is 0 Å². The molecule has 0 aromatic heterocycles. The second kappa shape index (κ2) is 2.23. The molecule has 0 heterocycles. The third-order valence-electron chi connectivity index (χ3n) is 0.473. The fourth-order valence-electron chi connectivity index (χ4n) is 0.149. The predicted octanol–water partition coefficient (Wildman–Crippen LogP) is 0.705. The van der Waals surface area contributed by atoms with Crippen molar-refractivity contribution in [2.45, 2.75) is 6.92 Å². The average Bonchev–Trinajstić information content (AvgIpc) is 1.62. The molecule has 0 unspecified atom stereocenters. The van der Waals surface area contributed by atoms with Crippen LogP contribution >= 0.6 is 0 Å². The van der Waals surface area contributed by atoms with E-state index in [0.29, 0.717) is 6.08 Å². The molecule has 0 spiro atoms. The van der Waals surface area contributed by atoms with Crippen LogP contribution in [0.2, 0.25) is 0 Å². The number of hydrogen-bond donors (Lipinski definition) is 1. The molecule has 0 aromatic carbocycles. The van der Waals surface area contributed by atoms with Gasteiger partial charge in [-0.3, -0.25) is 4.55 Å². The molecule has 0 fully saturated rings. The van der Waals surface area contributed by atoms with Gasteiger partial charge in [0.2, 0.25) is 5.16 Å². The molecule has 0 aromatic rings. The first-order valence-electron chi connectivity index (χ1n) is 1.78. The first kappa shape index (κ1) is 7.58. The summed E-state index contributed by atoms with van der Waals surface area (Å²) < 4.78 is 38.8. The predicted molar refractivity (Wildman–Crippen MR) is 26.4 cm³/mol. The molecule has 0 atom stereocenters. The molecule has 0 aliphatic rings. The second-order valence-electron chi connectivity index (χ2n) is 1.07. The fraction of sp³-hybridized carbons (Fsp3) is 0.333. The number of halogens is 1. The number of hydrogen-bond acceptors (Lipinski definition) is 2. The summed E-state index contributed by atoms with van der Waals surface area (Å²) in [5, 5.41) is -1.52. The Labute approximate surface area is 46.6 Å². The quantitative estimate of drug-likeness (QED) is 0.545. The summed E-state index contributed by atoms with van der Waals surface area (Å²) in [6.07, 6.45) is 0.662. The molecule has 0 bridgehead atoms. The highest BCUT2D eigenvalue weighted by Gasteiger charge is 2.09. The monoisotopic (exact) mass is 140 g/mol. The van der Waals surface area contributed by atoms with Crippen LogP contribution in [0.1, 0.15) is 6.92 Å². The summed E-state index contributed by atoms with van der Waals surface area (Å²) in [5.41, 5.74) is 0. The van der Waals surface area contributed by atoms with E-state index < -0.39 is 15.3 Å². The molecule has 3 nitrogen and oxygen atoms in total. The van der Waals surface area contributed by atoms with Crippen LogP contribution in [0.4, 0.5) is 4.39 Å². The van der Waals surface area contributed by atoms with E-state index in [2.05, 4.69) is 0 Å².